The molecule has 4 rings (SSSR count). The van der Waals surface area contributed by atoms with Gasteiger partial charge in [0.05, 0.1) is 4.92 Å². The Kier molecular flexibility index (Phi) is 6.64. The molecule has 0 bridgehead atoms. The lowest BCUT2D eigenvalue weighted by atomic mass is 9.96. The van der Waals surface area contributed by atoms with Crippen molar-refractivity contribution in [2.45, 2.75) is 27.3 Å². The molecule has 0 fully saturated rings. The number of ether oxygens (including phenoxy) is 1. The van der Waals surface area contributed by atoms with Crippen molar-refractivity contribution in [2.75, 3.05) is 0 Å². The van der Waals surface area contributed by atoms with Crippen LogP contribution in [-0.4, -0.2) is 27.1 Å². The number of aryl methyl sites for hydroxylation is 2. The fourth-order valence-corrected chi connectivity index (χ4v) is 4.18. The predicted molar refractivity (Wildman–Crippen MR) is 136 cm³/mol. The van der Waals surface area contributed by atoms with E-state index in [2.05, 4.69) is 16.3 Å². The summed E-state index contributed by atoms with van der Waals surface area (Å²) in [5, 5.41) is 17.1. The first-order valence-electron chi connectivity index (χ1n) is 11.1. The molecule has 1 aromatic heterocycles. The molecule has 9 heteroatoms. The molecule has 0 saturated carbocycles. The van der Waals surface area contributed by atoms with E-state index >= 15 is 0 Å². The molecule has 1 heterocycles. The fourth-order valence-electron chi connectivity index (χ4n) is 4.18. The number of carbonyl (C=O) groups is 2. The maximum Gasteiger partial charge on any atom is 0.335 e. The van der Waals surface area contributed by atoms with Crippen molar-refractivity contribution in [3.8, 4) is 5.75 Å². The molecule has 0 aliphatic heterocycles. The van der Waals surface area contributed by atoms with Gasteiger partial charge in [0.25, 0.3) is 5.69 Å². The molecule has 0 spiro atoms. The van der Waals surface area contributed by atoms with Crippen LogP contribution in [0, 0.1) is 17.0 Å². The third kappa shape index (κ3) is 4.58. The van der Waals surface area contributed by atoms with E-state index in [1.807, 2.05) is 32.0 Å². The highest BCUT2D eigenvalue weighted by Gasteiger charge is 2.18. The molecule has 0 radical (unpaired) electrons. The molecular formula is C27H23N3O6. The van der Waals surface area contributed by atoms with Crippen LogP contribution < -0.4 is 4.74 Å². The number of oxime groups is 1. The molecule has 0 N–H and O–H groups in total. The number of non-ortho nitro benzene ring substituents is 1. The second-order valence-electron chi connectivity index (χ2n) is 8.06. The maximum atomic E-state index is 11.6. The van der Waals surface area contributed by atoms with E-state index < -0.39 is 16.9 Å². The van der Waals surface area contributed by atoms with E-state index in [-0.39, 0.29) is 5.69 Å². The Hall–Kier alpha value is -4.79. The van der Waals surface area contributed by atoms with Gasteiger partial charge in [-0.05, 0) is 55.8 Å². The number of benzene rings is 3. The van der Waals surface area contributed by atoms with Gasteiger partial charge in [-0.15, -0.1) is 0 Å². The first-order valence-corrected chi connectivity index (χ1v) is 11.1. The van der Waals surface area contributed by atoms with E-state index in [9.17, 15) is 19.7 Å². The van der Waals surface area contributed by atoms with Crippen LogP contribution in [0.25, 0.3) is 21.8 Å². The third-order valence-electron chi connectivity index (χ3n) is 5.75. The lowest BCUT2D eigenvalue weighted by molar-refractivity contribution is -0.384. The van der Waals surface area contributed by atoms with Crippen LogP contribution in [-0.2, 0) is 21.0 Å². The monoisotopic (exact) mass is 485 g/mol. The molecule has 9 nitrogen and oxygen atoms in total. The fraction of sp³-hybridized carbons (Fsp3) is 0.148. The summed E-state index contributed by atoms with van der Waals surface area (Å²) in [6, 6.07) is 15.4. The van der Waals surface area contributed by atoms with E-state index in [0.29, 0.717) is 29.1 Å². The predicted octanol–water partition coefficient (Wildman–Crippen LogP) is 5.44. The SMILES string of the molecule is C=CC(=O)Oc1ccc(C(=NOC(C)=O)c2ccc3c(c2)c2cc([N+](=O)[O-])ccc2n3CC)c(C)c1. The standard InChI is InChI=1S/C27H23N3O6/c1-5-26(32)35-20-9-10-21(16(3)13-20)27(28-36-17(4)31)18-7-11-24-22(14-18)23-15-19(30(33)34)8-12-25(23)29(24)6-2/h5,7-15H,1,6H2,2-4H3. The van der Waals surface area contributed by atoms with Crippen molar-refractivity contribution in [3.63, 3.8) is 0 Å². The van der Waals surface area contributed by atoms with Crippen molar-refractivity contribution < 1.29 is 24.1 Å². The Morgan fingerprint density at radius 3 is 2.39 bits per heavy atom. The summed E-state index contributed by atoms with van der Waals surface area (Å²) in [7, 11) is 0. The molecule has 3 aromatic carbocycles. The van der Waals surface area contributed by atoms with Crippen LogP contribution in [0.1, 0.15) is 30.5 Å². The topological polar surface area (TPSA) is 113 Å². The third-order valence-corrected chi connectivity index (χ3v) is 5.75. The zero-order valence-electron chi connectivity index (χ0n) is 20.0. The van der Waals surface area contributed by atoms with Gasteiger partial charge in [0.15, 0.2) is 0 Å². The Bertz CT molecular complexity index is 1580. The molecule has 0 aliphatic carbocycles. The van der Waals surface area contributed by atoms with Crippen LogP contribution in [0.4, 0.5) is 5.69 Å². The number of fused-ring (bicyclic) bond motifs is 3. The van der Waals surface area contributed by atoms with Crippen molar-refractivity contribution in [3.05, 3.63) is 94.1 Å². The Labute approximate surface area is 206 Å². The number of nitro benzene ring substituents is 1. The van der Waals surface area contributed by atoms with Gasteiger partial charge >= 0.3 is 11.9 Å². The van der Waals surface area contributed by atoms with Crippen LogP contribution in [0.2, 0.25) is 0 Å². The minimum absolute atomic E-state index is 0.00244. The first kappa shape index (κ1) is 24.3. The summed E-state index contributed by atoms with van der Waals surface area (Å²) >= 11 is 0. The smallest absolute Gasteiger partial charge is 0.335 e. The summed E-state index contributed by atoms with van der Waals surface area (Å²) in [4.78, 5) is 39.1. The first-order chi connectivity index (χ1) is 17.2. The second kappa shape index (κ2) is 9.83. The number of carbonyl (C=O) groups excluding carboxylic acids is 2. The number of nitrogens with zero attached hydrogens (tertiary/aromatic N) is 3. The Morgan fingerprint density at radius 1 is 1.08 bits per heavy atom. The molecule has 0 amide bonds. The van der Waals surface area contributed by atoms with E-state index in [4.69, 9.17) is 9.57 Å². The Balaban J connectivity index is 1.91. The highest BCUT2D eigenvalue weighted by atomic mass is 16.7. The summed E-state index contributed by atoms with van der Waals surface area (Å²) in [6.07, 6.45) is 1.07. The molecule has 0 atom stereocenters. The van der Waals surface area contributed by atoms with E-state index in [0.717, 1.165) is 33.4 Å². The summed E-state index contributed by atoms with van der Waals surface area (Å²) in [6.45, 7) is 9.14. The maximum absolute atomic E-state index is 11.6. The number of esters is 1. The molecule has 0 saturated heterocycles. The molecular weight excluding hydrogens is 462 g/mol. The second-order valence-corrected chi connectivity index (χ2v) is 8.06. The largest absolute Gasteiger partial charge is 0.423 e. The minimum Gasteiger partial charge on any atom is -0.423 e. The highest BCUT2D eigenvalue weighted by Crippen LogP contribution is 2.33. The normalized spacial score (nSPS) is 11.5. The summed E-state index contributed by atoms with van der Waals surface area (Å²) < 4.78 is 7.27. The zero-order valence-corrected chi connectivity index (χ0v) is 20.0. The quantitative estimate of drug-likeness (QED) is 0.0655. The number of rotatable bonds is 7. The van der Waals surface area contributed by atoms with Gasteiger partial charge in [-0.3, -0.25) is 10.1 Å². The molecule has 4 aromatic rings. The molecule has 0 aliphatic rings. The van der Waals surface area contributed by atoms with Crippen LogP contribution in [0.3, 0.4) is 0 Å². The molecule has 182 valence electrons. The van der Waals surface area contributed by atoms with Crippen molar-refractivity contribution >= 4 is 45.1 Å². The number of aromatic nitrogens is 1. The van der Waals surface area contributed by atoms with Crippen LogP contribution in [0.15, 0.2) is 72.4 Å². The van der Waals surface area contributed by atoms with Gasteiger partial charge in [0.2, 0.25) is 0 Å². The van der Waals surface area contributed by atoms with Gasteiger partial charge in [-0.1, -0.05) is 17.8 Å². The lowest BCUT2D eigenvalue weighted by Gasteiger charge is -2.12. The van der Waals surface area contributed by atoms with E-state index in [1.54, 1.807) is 30.3 Å². The number of hydrogen-bond acceptors (Lipinski definition) is 7. The van der Waals surface area contributed by atoms with Crippen LogP contribution in [0.5, 0.6) is 5.75 Å². The molecule has 0 unspecified atom stereocenters. The number of hydrogen-bond donors (Lipinski definition) is 0. The van der Waals surface area contributed by atoms with Gasteiger partial charge in [0.1, 0.15) is 11.5 Å². The van der Waals surface area contributed by atoms with Gasteiger partial charge < -0.3 is 14.1 Å². The van der Waals surface area contributed by atoms with Crippen molar-refractivity contribution in [1.29, 1.82) is 0 Å². The summed E-state index contributed by atoms with van der Waals surface area (Å²) in [5.41, 5.74) is 4.18. The van der Waals surface area contributed by atoms with Crippen molar-refractivity contribution in [1.82, 2.24) is 4.57 Å². The van der Waals surface area contributed by atoms with E-state index in [1.165, 1.54) is 13.0 Å². The van der Waals surface area contributed by atoms with Crippen molar-refractivity contribution in [2.24, 2.45) is 5.16 Å². The lowest BCUT2D eigenvalue weighted by Crippen LogP contribution is -2.09. The van der Waals surface area contributed by atoms with Crippen LogP contribution >= 0.6 is 0 Å². The van der Waals surface area contributed by atoms with Gasteiger partial charge in [0, 0.05) is 64.6 Å². The number of nitro groups is 1. The summed E-state index contributed by atoms with van der Waals surface area (Å²) in [5.74, 6) is -0.828. The average Bonchev–Trinajstić information content (AvgIpc) is 3.17. The average molecular weight is 485 g/mol. The minimum atomic E-state index is -0.582. The zero-order chi connectivity index (χ0) is 26.0. The molecule has 36 heavy (non-hydrogen) atoms. The Morgan fingerprint density at radius 2 is 1.78 bits per heavy atom. The highest BCUT2D eigenvalue weighted by molar-refractivity contribution is 6.17. The van der Waals surface area contributed by atoms with Gasteiger partial charge in [-0.2, -0.15) is 0 Å². The van der Waals surface area contributed by atoms with Gasteiger partial charge in [-0.25, -0.2) is 9.59 Å².